The van der Waals surface area contributed by atoms with Crippen molar-refractivity contribution in [1.82, 2.24) is 5.32 Å². The summed E-state index contributed by atoms with van der Waals surface area (Å²) in [6, 6.07) is 10.9. The first-order valence-electron chi connectivity index (χ1n) is 9.20. The number of carbonyl (C=O) groups excluding carboxylic acids is 2. The third-order valence-corrected chi connectivity index (χ3v) is 5.32. The van der Waals surface area contributed by atoms with E-state index in [4.69, 9.17) is 14.2 Å². The zero-order chi connectivity index (χ0) is 21.8. The molecular formula is C21H22N2O7. The molecule has 0 spiro atoms. The van der Waals surface area contributed by atoms with Crippen molar-refractivity contribution in [2.45, 2.75) is 18.0 Å². The second-order valence-electron chi connectivity index (χ2n) is 6.84. The van der Waals surface area contributed by atoms with Crippen molar-refractivity contribution in [3.05, 3.63) is 69.8 Å². The highest BCUT2D eigenvalue weighted by Crippen LogP contribution is 2.41. The molecule has 0 unspecified atom stereocenters. The molecule has 2 aromatic carbocycles. The first kappa shape index (κ1) is 21.1. The smallest absolute Gasteiger partial charge is 0.319 e. The number of hydrogen-bond acceptors (Lipinski definition) is 7. The molecule has 158 valence electrons. The molecule has 1 aliphatic heterocycles. The number of hydrogen-bond donors (Lipinski definition) is 1. The van der Waals surface area contributed by atoms with Crippen molar-refractivity contribution < 1.29 is 28.7 Å². The third-order valence-electron chi connectivity index (χ3n) is 5.32. The van der Waals surface area contributed by atoms with Crippen molar-refractivity contribution in [3.8, 4) is 11.5 Å². The van der Waals surface area contributed by atoms with Crippen LogP contribution in [0.25, 0.3) is 0 Å². The average Bonchev–Trinajstić information content (AvgIpc) is 2.77. The number of ether oxygens (including phenoxy) is 3. The minimum absolute atomic E-state index is 0.459. The van der Waals surface area contributed by atoms with E-state index in [2.05, 4.69) is 5.32 Å². The Morgan fingerprint density at radius 1 is 0.933 bits per heavy atom. The highest BCUT2D eigenvalue weighted by molar-refractivity contribution is 6.00. The summed E-state index contributed by atoms with van der Waals surface area (Å²) in [6.07, 6.45) is 0. The zero-order valence-electron chi connectivity index (χ0n) is 16.7. The molecule has 9 nitrogen and oxygen atoms in total. The van der Waals surface area contributed by atoms with E-state index in [0.717, 1.165) is 7.11 Å². The Balaban J connectivity index is 2.12. The van der Waals surface area contributed by atoms with Crippen LogP contribution in [-0.4, -0.2) is 44.2 Å². The number of amides is 1. The van der Waals surface area contributed by atoms with Gasteiger partial charge in [0.15, 0.2) is 0 Å². The van der Waals surface area contributed by atoms with Crippen LogP contribution in [0.15, 0.2) is 48.5 Å². The first-order chi connectivity index (χ1) is 14.4. The van der Waals surface area contributed by atoms with Gasteiger partial charge in [0.2, 0.25) is 11.9 Å². The Hall–Kier alpha value is -3.62. The summed E-state index contributed by atoms with van der Waals surface area (Å²) in [7, 11) is 4.16. The SMILES string of the molecule is COC(=O)[C@H]1C(=O)N[C@H](c2ccc(OC)cc2)[C@H]([N+](=O)[O-])[C@@H]1c1ccc(OC)cc1. The molecule has 1 amide bonds. The summed E-state index contributed by atoms with van der Waals surface area (Å²) < 4.78 is 15.1. The van der Waals surface area contributed by atoms with Gasteiger partial charge in [-0.05, 0) is 35.4 Å². The number of rotatable bonds is 6. The topological polar surface area (TPSA) is 117 Å². The van der Waals surface area contributed by atoms with Gasteiger partial charge in [0.1, 0.15) is 23.5 Å². The summed E-state index contributed by atoms with van der Waals surface area (Å²) in [6.45, 7) is 0. The van der Waals surface area contributed by atoms with E-state index >= 15 is 0 Å². The minimum Gasteiger partial charge on any atom is -0.497 e. The fraction of sp³-hybridized carbons (Fsp3) is 0.333. The van der Waals surface area contributed by atoms with E-state index in [1.54, 1.807) is 48.5 Å². The molecule has 30 heavy (non-hydrogen) atoms. The second kappa shape index (κ2) is 8.81. The lowest BCUT2D eigenvalue weighted by Crippen LogP contribution is -2.56. The van der Waals surface area contributed by atoms with Gasteiger partial charge in [-0.15, -0.1) is 0 Å². The summed E-state index contributed by atoms with van der Waals surface area (Å²) in [4.78, 5) is 37.0. The molecule has 1 fully saturated rings. The number of benzene rings is 2. The normalized spacial score (nSPS) is 23.2. The number of nitrogens with one attached hydrogen (secondary N) is 1. The van der Waals surface area contributed by atoms with Crippen molar-refractivity contribution in [1.29, 1.82) is 0 Å². The molecule has 0 bridgehead atoms. The van der Waals surface area contributed by atoms with Gasteiger partial charge in [-0.25, -0.2) is 0 Å². The second-order valence-corrected chi connectivity index (χ2v) is 6.84. The monoisotopic (exact) mass is 414 g/mol. The lowest BCUT2D eigenvalue weighted by molar-refractivity contribution is -0.534. The molecule has 2 aromatic rings. The minimum atomic E-state index is -1.35. The van der Waals surface area contributed by atoms with Crippen LogP contribution in [0.3, 0.4) is 0 Å². The standard InChI is InChI=1S/C21H22N2O7/c1-28-14-8-4-12(5-9-14)16-17(21(25)30-3)20(24)22-18(19(16)23(26)27)13-6-10-15(29-2)11-7-13/h4-11,16-19H,1-3H3,(H,22,24)/t16-,17-,18-,19-/m1/s1. The van der Waals surface area contributed by atoms with Crippen LogP contribution in [0.2, 0.25) is 0 Å². The fourth-order valence-corrected chi connectivity index (χ4v) is 3.84. The maximum Gasteiger partial charge on any atom is 0.319 e. The van der Waals surface area contributed by atoms with Gasteiger partial charge < -0.3 is 19.5 Å². The third kappa shape index (κ3) is 3.91. The summed E-state index contributed by atoms with van der Waals surface area (Å²) in [5, 5.41) is 14.8. The predicted octanol–water partition coefficient (Wildman–Crippen LogP) is 2.09. The van der Waals surface area contributed by atoms with Crippen molar-refractivity contribution in [2.24, 2.45) is 5.92 Å². The molecular weight excluding hydrogens is 392 g/mol. The van der Waals surface area contributed by atoms with Crippen LogP contribution < -0.4 is 14.8 Å². The molecule has 1 aliphatic rings. The number of piperidine rings is 1. The number of methoxy groups -OCH3 is 3. The van der Waals surface area contributed by atoms with E-state index in [1.807, 2.05) is 0 Å². The van der Waals surface area contributed by atoms with Crippen LogP contribution >= 0.6 is 0 Å². The van der Waals surface area contributed by atoms with Crippen LogP contribution in [0, 0.1) is 16.0 Å². The molecule has 0 aromatic heterocycles. The van der Waals surface area contributed by atoms with E-state index in [0.29, 0.717) is 22.6 Å². The number of carbonyl (C=O) groups is 2. The molecule has 1 N–H and O–H groups in total. The Morgan fingerprint density at radius 3 is 1.87 bits per heavy atom. The lowest BCUT2D eigenvalue weighted by atomic mass is 9.73. The van der Waals surface area contributed by atoms with E-state index in [-0.39, 0.29) is 0 Å². The van der Waals surface area contributed by atoms with Gasteiger partial charge in [-0.2, -0.15) is 0 Å². The summed E-state index contributed by atoms with van der Waals surface area (Å²) in [5.41, 5.74) is 1.01. The molecule has 1 heterocycles. The van der Waals surface area contributed by atoms with Gasteiger partial charge in [0.05, 0.1) is 27.2 Å². The van der Waals surface area contributed by atoms with Crippen LogP contribution in [0.5, 0.6) is 11.5 Å². The number of nitro groups is 1. The van der Waals surface area contributed by atoms with E-state index in [9.17, 15) is 19.7 Å². The molecule has 3 rings (SSSR count). The van der Waals surface area contributed by atoms with Gasteiger partial charge in [-0.1, -0.05) is 24.3 Å². The zero-order valence-corrected chi connectivity index (χ0v) is 16.7. The fourth-order valence-electron chi connectivity index (χ4n) is 3.84. The maximum absolute atomic E-state index is 12.9. The molecule has 9 heteroatoms. The van der Waals surface area contributed by atoms with Crippen molar-refractivity contribution in [3.63, 3.8) is 0 Å². The molecule has 0 radical (unpaired) electrons. The number of esters is 1. The molecule has 0 aliphatic carbocycles. The lowest BCUT2D eigenvalue weighted by Gasteiger charge is -2.37. The molecule has 1 saturated heterocycles. The molecule has 0 saturated carbocycles. The highest BCUT2D eigenvalue weighted by Gasteiger charge is 2.55. The van der Waals surface area contributed by atoms with Crippen molar-refractivity contribution >= 4 is 11.9 Å². The van der Waals surface area contributed by atoms with Gasteiger partial charge in [-0.3, -0.25) is 19.7 Å². The Morgan fingerprint density at radius 2 is 1.43 bits per heavy atom. The number of nitrogens with zero attached hydrogens (tertiary/aromatic N) is 1. The van der Waals surface area contributed by atoms with Gasteiger partial charge in [0, 0.05) is 4.92 Å². The quantitative estimate of drug-likeness (QED) is 0.333. The van der Waals surface area contributed by atoms with E-state index in [1.165, 1.54) is 14.2 Å². The summed E-state index contributed by atoms with van der Waals surface area (Å²) >= 11 is 0. The Labute approximate surface area is 173 Å². The predicted molar refractivity (Wildman–Crippen MR) is 106 cm³/mol. The van der Waals surface area contributed by atoms with Crippen LogP contribution in [-0.2, 0) is 14.3 Å². The first-order valence-corrected chi connectivity index (χ1v) is 9.20. The van der Waals surface area contributed by atoms with E-state index < -0.39 is 40.7 Å². The van der Waals surface area contributed by atoms with Gasteiger partial charge in [0.25, 0.3) is 0 Å². The highest BCUT2D eigenvalue weighted by atomic mass is 16.6. The van der Waals surface area contributed by atoms with Crippen LogP contribution in [0.1, 0.15) is 23.1 Å². The van der Waals surface area contributed by atoms with Crippen molar-refractivity contribution in [2.75, 3.05) is 21.3 Å². The average molecular weight is 414 g/mol. The Bertz CT molecular complexity index is 927. The van der Waals surface area contributed by atoms with Gasteiger partial charge >= 0.3 is 5.97 Å². The van der Waals surface area contributed by atoms with Crippen LogP contribution in [0.4, 0.5) is 0 Å². The largest absolute Gasteiger partial charge is 0.497 e. The Kier molecular flexibility index (Phi) is 6.20. The maximum atomic E-state index is 12.9. The summed E-state index contributed by atoms with van der Waals surface area (Å²) in [5.74, 6) is -2.70. The molecule has 4 atom stereocenters.